The summed E-state index contributed by atoms with van der Waals surface area (Å²) in [5.41, 5.74) is 0. The van der Waals surface area contributed by atoms with Crippen molar-refractivity contribution in [3.05, 3.63) is 0 Å². The average Bonchev–Trinajstić information content (AvgIpc) is 2.45. The van der Waals surface area contributed by atoms with Gasteiger partial charge in [-0.1, -0.05) is 0 Å². The second kappa shape index (κ2) is 2.19. The van der Waals surface area contributed by atoms with Gasteiger partial charge < -0.3 is 5.11 Å². The van der Waals surface area contributed by atoms with Crippen LogP contribution in [0.1, 0.15) is 19.3 Å². The molecule has 0 radical (unpaired) electrons. The summed E-state index contributed by atoms with van der Waals surface area (Å²) in [6.07, 6.45) is 7.65. The van der Waals surface area contributed by atoms with Crippen molar-refractivity contribution < 1.29 is 5.11 Å². The van der Waals surface area contributed by atoms with Crippen LogP contribution in [0.4, 0.5) is 0 Å². The molecule has 8 heavy (non-hydrogen) atoms. The fourth-order valence-corrected chi connectivity index (χ4v) is 0.768. The summed E-state index contributed by atoms with van der Waals surface area (Å²) in [5.74, 6) is 2.97. The summed E-state index contributed by atoms with van der Waals surface area (Å²) in [6.45, 7) is 0. The third-order valence-electron chi connectivity index (χ3n) is 1.49. The Labute approximate surface area is 49.7 Å². The highest BCUT2D eigenvalue weighted by molar-refractivity contribution is 4.92. The molecule has 0 aromatic heterocycles. The molecule has 1 nitrogen and oxygen atoms in total. The van der Waals surface area contributed by atoms with E-state index in [2.05, 4.69) is 5.92 Å². The fraction of sp³-hybridized carbons (Fsp3) is 0.714. The summed E-state index contributed by atoms with van der Waals surface area (Å²) in [7, 11) is 0. The maximum atomic E-state index is 9.05. The largest absolute Gasteiger partial charge is 0.392 e. The van der Waals surface area contributed by atoms with Crippen LogP contribution < -0.4 is 0 Å². The summed E-state index contributed by atoms with van der Waals surface area (Å²) < 4.78 is 0. The molecule has 1 saturated carbocycles. The van der Waals surface area contributed by atoms with Crippen LogP contribution in [0.5, 0.6) is 0 Å². The van der Waals surface area contributed by atoms with Gasteiger partial charge in [0.05, 0.1) is 6.10 Å². The van der Waals surface area contributed by atoms with Crippen LogP contribution in [0.3, 0.4) is 0 Å². The Balaban J connectivity index is 2.15. The Morgan fingerprint density at radius 2 is 2.38 bits per heavy atom. The molecule has 1 atom stereocenters. The highest BCUT2D eigenvalue weighted by Gasteiger charge is 2.28. The van der Waals surface area contributed by atoms with Crippen molar-refractivity contribution in [2.24, 2.45) is 5.92 Å². The number of hydrogen-bond donors (Lipinski definition) is 1. The van der Waals surface area contributed by atoms with Crippen LogP contribution in [0.2, 0.25) is 0 Å². The summed E-state index contributed by atoms with van der Waals surface area (Å²) in [5, 5.41) is 9.05. The first-order valence-corrected chi connectivity index (χ1v) is 2.96. The average molecular weight is 110 g/mol. The zero-order valence-electron chi connectivity index (χ0n) is 4.80. The van der Waals surface area contributed by atoms with E-state index in [0.29, 0.717) is 12.3 Å². The van der Waals surface area contributed by atoms with Crippen molar-refractivity contribution in [3.63, 3.8) is 0 Å². The van der Waals surface area contributed by atoms with Gasteiger partial charge in [-0.15, -0.1) is 12.3 Å². The van der Waals surface area contributed by atoms with Crippen LogP contribution in [0.25, 0.3) is 0 Å². The highest BCUT2D eigenvalue weighted by Crippen LogP contribution is 2.33. The van der Waals surface area contributed by atoms with Gasteiger partial charge in [0.1, 0.15) is 0 Å². The fourth-order valence-electron chi connectivity index (χ4n) is 0.768. The van der Waals surface area contributed by atoms with E-state index in [1.807, 2.05) is 0 Å². The van der Waals surface area contributed by atoms with Crippen LogP contribution in [-0.4, -0.2) is 11.2 Å². The van der Waals surface area contributed by atoms with Crippen molar-refractivity contribution in [2.45, 2.75) is 25.4 Å². The number of aliphatic hydroxyl groups excluding tert-OH is 1. The molecule has 1 N–H and O–H groups in total. The molecule has 1 heteroatoms. The van der Waals surface area contributed by atoms with E-state index in [1.54, 1.807) is 0 Å². The summed E-state index contributed by atoms with van der Waals surface area (Å²) in [6, 6.07) is 0. The Morgan fingerprint density at radius 1 is 1.75 bits per heavy atom. The van der Waals surface area contributed by atoms with Crippen LogP contribution in [-0.2, 0) is 0 Å². The quantitative estimate of drug-likeness (QED) is 0.521. The molecular weight excluding hydrogens is 100 g/mol. The second-order valence-electron chi connectivity index (χ2n) is 2.31. The molecular formula is C7H10O. The SMILES string of the molecule is C#CC[C@H](O)C1CC1. The Bertz CT molecular complexity index is 108. The summed E-state index contributed by atoms with van der Waals surface area (Å²) >= 11 is 0. The number of aliphatic hydroxyl groups is 1. The molecule has 1 aliphatic rings. The third kappa shape index (κ3) is 1.24. The first kappa shape index (κ1) is 5.65. The molecule has 44 valence electrons. The van der Waals surface area contributed by atoms with Crippen molar-refractivity contribution >= 4 is 0 Å². The number of rotatable bonds is 2. The van der Waals surface area contributed by atoms with Gasteiger partial charge in [0, 0.05) is 6.42 Å². The smallest absolute Gasteiger partial charge is 0.0677 e. The van der Waals surface area contributed by atoms with Gasteiger partial charge in [-0.05, 0) is 18.8 Å². The molecule has 0 amide bonds. The first-order valence-electron chi connectivity index (χ1n) is 2.96. The number of hydrogen-bond acceptors (Lipinski definition) is 1. The van der Waals surface area contributed by atoms with E-state index >= 15 is 0 Å². The van der Waals surface area contributed by atoms with Crippen molar-refractivity contribution in [3.8, 4) is 12.3 Å². The van der Waals surface area contributed by atoms with Crippen LogP contribution in [0.15, 0.2) is 0 Å². The minimum atomic E-state index is -0.208. The predicted octanol–water partition coefficient (Wildman–Crippen LogP) is 0.781. The lowest BCUT2D eigenvalue weighted by molar-refractivity contribution is 0.157. The zero-order valence-corrected chi connectivity index (χ0v) is 4.80. The molecule has 0 bridgehead atoms. The minimum Gasteiger partial charge on any atom is -0.392 e. The molecule has 0 aromatic rings. The topological polar surface area (TPSA) is 20.2 Å². The van der Waals surface area contributed by atoms with Crippen molar-refractivity contribution in [1.29, 1.82) is 0 Å². The lowest BCUT2D eigenvalue weighted by Gasteiger charge is -2.00. The molecule has 0 unspecified atom stereocenters. The minimum absolute atomic E-state index is 0.208. The van der Waals surface area contributed by atoms with Gasteiger partial charge >= 0.3 is 0 Å². The Kier molecular flexibility index (Phi) is 1.55. The lowest BCUT2D eigenvalue weighted by atomic mass is 10.2. The maximum absolute atomic E-state index is 9.05. The number of terminal acetylenes is 1. The van der Waals surface area contributed by atoms with Crippen molar-refractivity contribution in [1.82, 2.24) is 0 Å². The maximum Gasteiger partial charge on any atom is 0.0677 e. The monoisotopic (exact) mass is 110 g/mol. The van der Waals surface area contributed by atoms with E-state index in [1.165, 1.54) is 12.8 Å². The van der Waals surface area contributed by atoms with E-state index in [4.69, 9.17) is 11.5 Å². The second-order valence-corrected chi connectivity index (χ2v) is 2.31. The highest BCUT2D eigenvalue weighted by atomic mass is 16.3. The van der Waals surface area contributed by atoms with Gasteiger partial charge in [0.25, 0.3) is 0 Å². The van der Waals surface area contributed by atoms with E-state index in [9.17, 15) is 0 Å². The molecule has 0 spiro atoms. The first-order chi connectivity index (χ1) is 3.84. The Morgan fingerprint density at radius 3 is 2.75 bits per heavy atom. The van der Waals surface area contributed by atoms with Gasteiger partial charge in [0.2, 0.25) is 0 Å². The van der Waals surface area contributed by atoms with Gasteiger partial charge in [-0.25, -0.2) is 0 Å². The van der Waals surface area contributed by atoms with Crippen LogP contribution >= 0.6 is 0 Å². The van der Waals surface area contributed by atoms with Gasteiger partial charge in [-0.2, -0.15) is 0 Å². The lowest BCUT2D eigenvalue weighted by Crippen LogP contribution is -2.06. The molecule has 1 aliphatic carbocycles. The molecule has 0 aromatic carbocycles. The van der Waals surface area contributed by atoms with Gasteiger partial charge in [0.15, 0.2) is 0 Å². The Hall–Kier alpha value is -0.480. The standard InChI is InChI=1S/C7H10O/c1-2-3-7(8)6-4-5-6/h1,6-8H,3-5H2/t7-/m0/s1. The predicted molar refractivity (Wildman–Crippen MR) is 32.2 cm³/mol. The van der Waals surface area contributed by atoms with Crippen molar-refractivity contribution in [2.75, 3.05) is 0 Å². The van der Waals surface area contributed by atoms with E-state index in [-0.39, 0.29) is 6.10 Å². The summed E-state index contributed by atoms with van der Waals surface area (Å²) in [4.78, 5) is 0. The zero-order chi connectivity index (χ0) is 5.98. The third-order valence-corrected chi connectivity index (χ3v) is 1.49. The van der Waals surface area contributed by atoms with E-state index in [0.717, 1.165) is 0 Å². The molecule has 0 heterocycles. The molecule has 1 rings (SSSR count). The van der Waals surface area contributed by atoms with Gasteiger partial charge in [-0.3, -0.25) is 0 Å². The molecule has 0 saturated heterocycles. The molecule has 1 fully saturated rings. The normalized spacial score (nSPS) is 22.0. The van der Waals surface area contributed by atoms with E-state index < -0.39 is 0 Å². The van der Waals surface area contributed by atoms with Crippen LogP contribution in [0, 0.1) is 18.3 Å². The molecule has 0 aliphatic heterocycles.